The minimum absolute atomic E-state index is 0. The molecule has 0 spiro atoms. The molecule has 0 aromatic rings. The molecule has 0 fully saturated rings. The van der Waals surface area contributed by atoms with Gasteiger partial charge in [-0.25, -0.2) is 4.79 Å². The van der Waals surface area contributed by atoms with Crippen molar-refractivity contribution in [3.63, 3.8) is 0 Å². The van der Waals surface area contributed by atoms with E-state index in [-0.39, 0.29) is 94.2 Å². The molecule has 0 aromatic heterocycles. The van der Waals surface area contributed by atoms with Gasteiger partial charge in [0.25, 0.3) is 0 Å². The van der Waals surface area contributed by atoms with Crippen LogP contribution in [0.5, 0.6) is 0 Å². The van der Waals surface area contributed by atoms with E-state index in [9.17, 15) is 9.59 Å². The Hall–Kier alpha value is 1.79. The molecule has 2 N–H and O–H groups in total. The smallest absolute Gasteiger partial charge is 0.822 e. The predicted molar refractivity (Wildman–Crippen MR) is 36.6 cm³/mol. The maximum absolute atomic E-state index is 9.87. The van der Waals surface area contributed by atoms with Crippen LogP contribution in [0.15, 0.2) is 12.2 Å². The summed E-state index contributed by atoms with van der Waals surface area (Å²) in [5, 5.41) is 16.1. The number of carboxylic acids is 2. The van der Waals surface area contributed by atoms with E-state index in [0.717, 1.165) is 0 Å². The van der Waals surface area contributed by atoms with Crippen LogP contribution in [0.3, 0.4) is 0 Å². The van der Waals surface area contributed by atoms with Crippen LogP contribution in [-0.2, 0) is 14.2 Å². The molecule has 0 unspecified atom stereocenters. The zero-order chi connectivity index (χ0) is 11.9. The topological polar surface area (TPSA) is 161 Å². The van der Waals surface area contributed by atoms with Crippen LogP contribution < -0.4 is 103 Å². The van der Waals surface area contributed by atoms with Crippen molar-refractivity contribution in [3.8, 4) is 0 Å². The standard InChI is InChI=1S/C5H6O4.3Na.H3O4P/c1-3(5(8)9)2-4(6)7;;;;1-5(2,3)4/h1-2H2,(H,6,7)(H,8,9);;;;(H3,1,2,3,4)/q;3*+1;/p-3. The van der Waals surface area contributed by atoms with Crippen molar-refractivity contribution >= 4 is 19.8 Å². The largest absolute Gasteiger partial charge is 1.00 e. The van der Waals surface area contributed by atoms with E-state index in [1.807, 2.05) is 0 Å². The van der Waals surface area contributed by atoms with Crippen molar-refractivity contribution in [1.82, 2.24) is 0 Å². The Balaban J connectivity index is -0.0000000533. The van der Waals surface area contributed by atoms with Crippen LogP contribution in [0, 0.1) is 0 Å². The Morgan fingerprint density at radius 1 is 1.06 bits per heavy atom. The van der Waals surface area contributed by atoms with Gasteiger partial charge in [-0.2, -0.15) is 7.82 Å². The van der Waals surface area contributed by atoms with Gasteiger partial charge in [0.05, 0.1) is 6.42 Å². The first-order valence-corrected chi connectivity index (χ1v) is 4.36. The summed E-state index contributed by atoms with van der Waals surface area (Å²) >= 11 is 0. The monoisotopic (exact) mass is 294 g/mol. The van der Waals surface area contributed by atoms with Crippen LogP contribution in [0.1, 0.15) is 6.42 Å². The van der Waals surface area contributed by atoms with Crippen LogP contribution in [-0.4, -0.2) is 22.2 Å². The van der Waals surface area contributed by atoms with Crippen LogP contribution in [0.2, 0.25) is 0 Å². The van der Waals surface area contributed by atoms with Gasteiger partial charge in [-0.05, 0) is 0 Å². The molecule has 12 heteroatoms. The number of hydrogen-bond donors (Lipinski definition) is 2. The molecule has 0 radical (unpaired) electrons. The second kappa shape index (κ2) is 15.8. The van der Waals surface area contributed by atoms with Crippen molar-refractivity contribution in [2.45, 2.75) is 6.42 Å². The average Bonchev–Trinajstić information content (AvgIpc) is 1.80. The first-order valence-electron chi connectivity index (χ1n) is 2.90. The van der Waals surface area contributed by atoms with E-state index >= 15 is 0 Å². The molecule has 0 heterocycles. The number of carboxylic acid groups (broad SMARTS) is 2. The van der Waals surface area contributed by atoms with Gasteiger partial charge >= 0.3 is 101 Å². The van der Waals surface area contributed by atoms with Crippen molar-refractivity contribution < 1.29 is 128 Å². The number of rotatable bonds is 3. The average molecular weight is 294 g/mol. The molecule has 0 aromatic carbocycles. The SMILES string of the molecule is C=C(CC(=O)O)C(=O)O.O=P([O-])([O-])[O-].[Na+].[Na+].[Na+]. The third kappa shape index (κ3) is 46.3. The molecule has 0 rings (SSSR count). The summed E-state index contributed by atoms with van der Waals surface area (Å²) < 4.78 is 8.55. The molecular formula is C5H6Na3O8P. The van der Waals surface area contributed by atoms with Crippen molar-refractivity contribution in [2.75, 3.05) is 0 Å². The Kier molecular flexibility index (Phi) is 29.1. The quantitative estimate of drug-likeness (QED) is 0.294. The number of carbonyl (C=O) groups is 2. The zero-order valence-corrected chi connectivity index (χ0v) is 16.6. The summed E-state index contributed by atoms with van der Waals surface area (Å²) in [6, 6.07) is 0. The third-order valence-electron chi connectivity index (χ3n) is 0.667. The fourth-order valence-corrected chi connectivity index (χ4v) is 0.258. The fourth-order valence-electron chi connectivity index (χ4n) is 0.258. The molecule has 0 aliphatic carbocycles. The minimum atomic E-state index is -5.39. The molecule has 0 bridgehead atoms. The van der Waals surface area contributed by atoms with Gasteiger partial charge in [0.15, 0.2) is 0 Å². The summed E-state index contributed by atoms with van der Waals surface area (Å²) in [4.78, 5) is 45.3. The number of phosphoric acid groups is 1. The van der Waals surface area contributed by atoms with Gasteiger partial charge in [-0.3, -0.25) is 4.79 Å². The summed E-state index contributed by atoms with van der Waals surface area (Å²) in [6.45, 7) is 3.01. The summed E-state index contributed by atoms with van der Waals surface area (Å²) in [5.41, 5.74) is -0.303. The number of hydrogen-bond acceptors (Lipinski definition) is 6. The minimum Gasteiger partial charge on any atom is -0.822 e. The predicted octanol–water partition coefficient (Wildman–Crippen LogP) is -11.7. The normalized spacial score (nSPS) is 7.94. The van der Waals surface area contributed by atoms with Gasteiger partial charge in [-0.1, -0.05) is 6.58 Å². The second-order valence-electron chi connectivity index (χ2n) is 1.93. The van der Waals surface area contributed by atoms with E-state index in [2.05, 4.69) is 6.58 Å². The molecule has 0 aliphatic heterocycles. The number of aliphatic carboxylic acids is 2. The van der Waals surface area contributed by atoms with Gasteiger partial charge < -0.3 is 29.5 Å². The van der Waals surface area contributed by atoms with Crippen LogP contribution in [0.4, 0.5) is 0 Å². The summed E-state index contributed by atoms with van der Waals surface area (Å²) in [5.74, 6) is -2.44. The van der Waals surface area contributed by atoms with E-state index in [4.69, 9.17) is 29.5 Å². The molecular weight excluding hydrogens is 288 g/mol. The molecule has 82 valence electrons. The van der Waals surface area contributed by atoms with Crippen molar-refractivity contribution in [2.24, 2.45) is 0 Å². The third-order valence-corrected chi connectivity index (χ3v) is 0.667. The molecule has 8 nitrogen and oxygen atoms in total. The van der Waals surface area contributed by atoms with Gasteiger partial charge in [0.2, 0.25) is 0 Å². The van der Waals surface area contributed by atoms with Gasteiger partial charge in [0, 0.05) is 5.57 Å². The van der Waals surface area contributed by atoms with Gasteiger partial charge in [-0.15, -0.1) is 0 Å². The first-order chi connectivity index (χ1) is 6.04. The summed E-state index contributed by atoms with van der Waals surface area (Å²) in [7, 11) is -5.39. The maximum Gasteiger partial charge on any atom is 1.00 e. The Labute approximate surface area is 164 Å². The Bertz CT molecular complexity index is 279. The first kappa shape index (κ1) is 31.3. The van der Waals surface area contributed by atoms with Crippen LogP contribution >= 0.6 is 7.82 Å². The molecule has 0 saturated carbocycles. The van der Waals surface area contributed by atoms with Crippen LogP contribution in [0.25, 0.3) is 0 Å². The van der Waals surface area contributed by atoms with E-state index in [1.165, 1.54) is 0 Å². The van der Waals surface area contributed by atoms with Crippen molar-refractivity contribution in [3.05, 3.63) is 12.2 Å². The molecule has 0 saturated heterocycles. The van der Waals surface area contributed by atoms with E-state index in [0.29, 0.717) is 0 Å². The van der Waals surface area contributed by atoms with Gasteiger partial charge in [0.1, 0.15) is 0 Å². The van der Waals surface area contributed by atoms with E-state index in [1.54, 1.807) is 0 Å². The Morgan fingerprint density at radius 2 is 1.29 bits per heavy atom. The van der Waals surface area contributed by atoms with Crippen molar-refractivity contribution in [1.29, 1.82) is 0 Å². The molecule has 0 amide bonds. The second-order valence-corrected chi connectivity index (χ2v) is 2.82. The fraction of sp³-hybridized carbons (Fsp3) is 0.200. The van der Waals surface area contributed by atoms with E-state index < -0.39 is 26.2 Å². The maximum atomic E-state index is 9.87. The molecule has 0 aliphatic rings. The zero-order valence-electron chi connectivity index (χ0n) is 9.71. The summed E-state index contributed by atoms with van der Waals surface area (Å²) in [6.07, 6.45) is -0.505. The Morgan fingerprint density at radius 3 is 1.35 bits per heavy atom. The molecule has 0 atom stereocenters. The molecule has 17 heavy (non-hydrogen) atoms.